The van der Waals surface area contributed by atoms with E-state index in [0.29, 0.717) is 37.8 Å². The molecule has 1 saturated heterocycles. The van der Waals surface area contributed by atoms with Gasteiger partial charge in [-0.05, 0) is 30.2 Å². The highest BCUT2D eigenvalue weighted by molar-refractivity contribution is 5.77. The standard InChI is InChI=1S/C22H23N5O3/c28-20(8-12-26-11-7-16-3-1-2-4-18(16)26)27-13-14-29-19(15-27)22-24-21(25-30-22)17-5-9-23-10-6-17/h1-6,9-10,19H,7-8,11-15H2/t19-/m1/s1. The predicted molar refractivity (Wildman–Crippen MR) is 110 cm³/mol. The van der Waals surface area contributed by atoms with Crippen LogP contribution in [-0.2, 0) is 16.0 Å². The number of anilines is 1. The fraction of sp³-hybridized carbons (Fsp3) is 0.364. The van der Waals surface area contributed by atoms with Crippen LogP contribution >= 0.6 is 0 Å². The van der Waals surface area contributed by atoms with Crippen LogP contribution in [0.2, 0.25) is 0 Å². The Labute approximate surface area is 174 Å². The van der Waals surface area contributed by atoms with E-state index in [1.807, 2.05) is 17.0 Å². The molecule has 0 N–H and O–H groups in total. The van der Waals surface area contributed by atoms with Gasteiger partial charge in [-0.15, -0.1) is 0 Å². The van der Waals surface area contributed by atoms with Gasteiger partial charge in [-0.3, -0.25) is 9.78 Å². The summed E-state index contributed by atoms with van der Waals surface area (Å²) in [4.78, 5) is 25.4. The Morgan fingerprint density at radius 3 is 2.90 bits per heavy atom. The molecular formula is C22H23N5O3. The van der Waals surface area contributed by atoms with Gasteiger partial charge in [-0.1, -0.05) is 23.4 Å². The first-order valence-electron chi connectivity index (χ1n) is 10.2. The Bertz CT molecular complexity index is 1020. The lowest BCUT2D eigenvalue weighted by atomic mass is 10.2. The molecule has 0 aliphatic carbocycles. The lowest BCUT2D eigenvalue weighted by Gasteiger charge is -2.32. The Morgan fingerprint density at radius 2 is 2.00 bits per heavy atom. The molecule has 0 saturated carbocycles. The number of pyridine rings is 1. The van der Waals surface area contributed by atoms with Crippen molar-refractivity contribution in [2.24, 2.45) is 0 Å². The van der Waals surface area contributed by atoms with Gasteiger partial charge in [0, 0.05) is 49.7 Å². The smallest absolute Gasteiger partial charge is 0.257 e. The number of nitrogens with zero attached hydrogens (tertiary/aromatic N) is 5. The molecule has 0 radical (unpaired) electrons. The highest BCUT2D eigenvalue weighted by atomic mass is 16.5. The number of hydrogen-bond donors (Lipinski definition) is 0. The molecule has 154 valence electrons. The molecule has 5 rings (SSSR count). The van der Waals surface area contributed by atoms with Gasteiger partial charge in [-0.2, -0.15) is 4.98 Å². The fourth-order valence-electron chi connectivity index (χ4n) is 4.04. The second kappa shape index (κ2) is 8.23. The van der Waals surface area contributed by atoms with E-state index < -0.39 is 6.10 Å². The maximum Gasteiger partial charge on any atom is 0.257 e. The fourth-order valence-corrected chi connectivity index (χ4v) is 4.04. The van der Waals surface area contributed by atoms with Crippen molar-refractivity contribution in [2.75, 3.05) is 37.7 Å². The number of para-hydroxylation sites is 1. The molecule has 1 fully saturated rings. The zero-order valence-electron chi connectivity index (χ0n) is 16.6. The summed E-state index contributed by atoms with van der Waals surface area (Å²) in [6, 6.07) is 12.1. The van der Waals surface area contributed by atoms with Crippen LogP contribution < -0.4 is 4.90 Å². The summed E-state index contributed by atoms with van der Waals surface area (Å²) in [7, 11) is 0. The summed E-state index contributed by atoms with van der Waals surface area (Å²) in [6.07, 6.45) is 4.48. The molecule has 8 nitrogen and oxygen atoms in total. The zero-order valence-corrected chi connectivity index (χ0v) is 16.6. The predicted octanol–water partition coefficient (Wildman–Crippen LogP) is 2.48. The van der Waals surface area contributed by atoms with Crippen LogP contribution in [0.3, 0.4) is 0 Å². The lowest BCUT2D eigenvalue weighted by molar-refractivity contribution is -0.139. The van der Waals surface area contributed by atoms with Gasteiger partial charge in [0.25, 0.3) is 5.89 Å². The summed E-state index contributed by atoms with van der Waals surface area (Å²) in [6.45, 7) is 3.16. The van der Waals surface area contributed by atoms with Gasteiger partial charge in [0.2, 0.25) is 11.7 Å². The third-order valence-corrected chi connectivity index (χ3v) is 5.65. The second-order valence-electron chi connectivity index (χ2n) is 7.51. The third kappa shape index (κ3) is 3.78. The maximum absolute atomic E-state index is 12.8. The molecule has 30 heavy (non-hydrogen) atoms. The van der Waals surface area contributed by atoms with E-state index in [1.54, 1.807) is 12.4 Å². The monoisotopic (exact) mass is 405 g/mol. The minimum absolute atomic E-state index is 0.126. The van der Waals surface area contributed by atoms with Gasteiger partial charge in [-0.25, -0.2) is 0 Å². The van der Waals surface area contributed by atoms with Crippen LogP contribution in [0, 0.1) is 0 Å². The van der Waals surface area contributed by atoms with E-state index in [1.165, 1.54) is 11.3 Å². The third-order valence-electron chi connectivity index (χ3n) is 5.65. The molecule has 2 aromatic heterocycles. The molecule has 1 amide bonds. The summed E-state index contributed by atoms with van der Waals surface area (Å²) < 4.78 is 11.2. The number of ether oxygens (including phenoxy) is 1. The number of aromatic nitrogens is 3. The molecule has 1 atom stereocenters. The Balaban J connectivity index is 1.20. The number of benzene rings is 1. The first-order chi connectivity index (χ1) is 14.8. The molecule has 1 aromatic carbocycles. The average molecular weight is 405 g/mol. The van der Waals surface area contributed by atoms with Gasteiger partial charge < -0.3 is 19.1 Å². The molecule has 3 aromatic rings. The highest BCUT2D eigenvalue weighted by Gasteiger charge is 2.30. The van der Waals surface area contributed by atoms with Gasteiger partial charge in [0.1, 0.15) is 0 Å². The van der Waals surface area contributed by atoms with Crippen molar-refractivity contribution in [1.29, 1.82) is 0 Å². The number of fused-ring (bicyclic) bond motifs is 1. The van der Waals surface area contributed by atoms with Gasteiger partial charge in [0.05, 0.1) is 13.2 Å². The van der Waals surface area contributed by atoms with Crippen molar-refractivity contribution in [2.45, 2.75) is 18.9 Å². The zero-order chi connectivity index (χ0) is 20.3. The minimum atomic E-state index is -0.404. The van der Waals surface area contributed by atoms with Gasteiger partial charge in [0.15, 0.2) is 6.10 Å². The van der Waals surface area contributed by atoms with Crippen molar-refractivity contribution in [3.05, 3.63) is 60.2 Å². The minimum Gasteiger partial charge on any atom is -0.370 e. The molecule has 2 aliphatic rings. The molecule has 8 heteroatoms. The van der Waals surface area contributed by atoms with Crippen LogP contribution in [0.4, 0.5) is 5.69 Å². The van der Waals surface area contributed by atoms with Crippen LogP contribution in [-0.4, -0.2) is 58.7 Å². The summed E-state index contributed by atoms with van der Waals surface area (Å²) in [5.74, 6) is 1.02. The topological polar surface area (TPSA) is 84.6 Å². The molecule has 0 bridgehead atoms. The maximum atomic E-state index is 12.8. The quantitative estimate of drug-likeness (QED) is 0.645. The highest BCUT2D eigenvalue weighted by Crippen LogP contribution is 2.28. The lowest BCUT2D eigenvalue weighted by Crippen LogP contribution is -2.43. The number of rotatable bonds is 5. The normalized spacial score (nSPS) is 18.5. The number of carbonyl (C=O) groups excluding carboxylic acids is 1. The number of morpholine rings is 1. The Hall–Kier alpha value is -3.26. The summed E-state index contributed by atoms with van der Waals surface area (Å²) >= 11 is 0. The molecule has 4 heterocycles. The Kier molecular flexibility index (Phi) is 5.15. The summed E-state index contributed by atoms with van der Waals surface area (Å²) in [5, 5.41) is 4.04. The number of hydrogen-bond acceptors (Lipinski definition) is 7. The van der Waals surface area contributed by atoms with Crippen LogP contribution in [0.1, 0.15) is 24.0 Å². The van der Waals surface area contributed by atoms with Crippen LogP contribution in [0.15, 0.2) is 53.3 Å². The van der Waals surface area contributed by atoms with E-state index >= 15 is 0 Å². The SMILES string of the molecule is O=C(CCN1CCc2ccccc21)N1CCO[C@@H](c2nc(-c3ccncc3)no2)C1. The van der Waals surface area contributed by atoms with E-state index in [2.05, 4.69) is 44.3 Å². The van der Waals surface area contributed by atoms with E-state index in [-0.39, 0.29) is 5.91 Å². The first-order valence-corrected chi connectivity index (χ1v) is 10.2. The van der Waals surface area contributed by atoms with Gasteiger partial charge >= 0.3 is 0 Å². The summed E-state index contributed by atoms with van der Waals surface area (Å²) in [5.41, 5.74) is 3.44. The van der Waals surface area contributed by atoms with E-state index in [4.69, 9.17) is 9.26 Å². The Morgan fingerprint density at radius 1 is 1.13 bits per heavy atom. The van der Waals surface area contributed by atoms with Crippen molar-refractivity contribution in [3.63, 3.8) is 0 Å². The van der Waals surface area contributed by atoms with Crippen LogP contribution in [0.25, 0.3) is 11.4 Å². The van der Waals surface area contributed by atoms with Crippen molar-refractivity contribution >= 4 is 11.6 Å². The van der Waals surface area contributed by atoms with E-state index in [9.17, 15) is 4.79 Å². The number of amides is 1. The van der Waals surface area contributed by atoms with Crippen molar-refractivity contribution < 1.29 is 14.1 Å². The average Bonchev–Trinajstić information content (AvgIpc) is 3.46. The molecular weight excluding hydrogens is 382 g/mol. The van der Waals surface area contributed by atoms with Crippen molar-refractivity contribution in [1.82, 2.24) is 20.0 Å². The first kappa shape index (κ1) is 18.7. The van der Waals surface area contributed by atoms with E-state index in [0.717, 1.165) is 25.1 Å². The van der Waals surface area contributed by atoms with Crippen LogP contribution in [0.5, 0.6) is 0 Å². The largest absolute Gasteiger partial charge is 0.370 e. The molecule has 2 aliphatic heterocycles. The molecule has 0 unspecified atom stereocenters. The second-order valence-corrected chi connectivity index (χ2v) is 7.51. The molecule has 0 spiro atoms. The van der Waals surface area contributed by atoms with Crippen molar-refractivity contribution in [3.8, 4) is 11.4 Å². The number of carbonyl (C=O) groups is 1.